The van der Waals surface area contributed by atoms with E-state index in [1.165, 1.54) is 5.56 Å². The fourth-order valence-electron chi connectivity index (χ4n) is 3.91. The van der Waals surface area contributed by atoms with Crippen molar-refractivity contribution in [3.05, 3.63) is 108 Å². The molecule has 0 bridgehead atoms. The second-order valence-electron chi connectivity index (χ2n) is 7.93. The van der Waals surface area contributed by atoms with Gasteiger partial charge in [-0.1, -0.05) is 90.1 Å². The standard InChI is InChI=1S/C28H24N4O2.3C2H6/c1-3-20-9-5-4-6-11-22(20)26-17-25-28(34-26)24(29-13-15-33)18-27(30-25)32-14-12-23(31-32)21-10-7-8-19(2)16-21;3*1-2/h4-12,14,16-18,33H,1,13,15H2,2H3,(H,29,30);3*1-2H3. The maximum Gasteiger partial charge on any atom is 0.176 e. The van der Waals surface area contributed by atoms with E-state index in [4.69, 9.17) is 14.5 Å². The molecule has 210 valence electrons. The molecule has 0 saturated carbocycles. The second-order valence-corrected chi connectivity index (χ2v) is 7.93. The van der Waals surface area contributed by atoms with Crippen LogP contribution in [-0.2, 0) is 0 Å². The average Bonchev–Trinajstić information content (AvgIpc) is 3.61. The van der Waals surface area contributed by atoms with Crippen molar-refractivity contribution < 1.29 is 9.52 Å². The summed E-state index contributed by atoms with van der Waals surface area (Å²) >= 11 is 0. The van der Waals surface area contributed by atoms with E-state index in [0.717, 1.165) is 28.1 Å². The number of aliphatic hydroxyl groups excluding tert-OH is 1. The molecule has 0 fully saturated rings. The quantitative estimate of drug-likeness (QED) is 0.240. The van der Waals surface area contributed by atoms with Crippen LogP contribution in [0.1, 0.15) is 52.9 Å². The number of aromatic nitrogens is 3. The minimum absolute atomic E-state index is 0.00389. The molecule has 0 saturated heterocycles. The van der Waals surface area contributed by atoms with Crippen molar-refractivity contribution >= 4 is 22.4 Å². The molecule has 0 spiro atoms. The van der Waals surface area contributed by atoms with Gasteiger partial charge in [-0.3, -0.25) is 0 Å². The fraction of sp³-hybridized carbons (Fsp3) is 0.265. The Bertz CT molecular complexity index is 1510. The van der Waals surface area contributed by atoms with Gasteiger partial charge in [0.25, 0.3) is 0 Å². The molecule has 0 amide bonds. The van der Waals surface area contributed by atoms with Crippen LogP contribution in [0.5, 0.6) is 0 Å². The Balaban J connectivity index is 0.000000876. The van der Waals surface area contributed by atoms with E-state index in [0.29, 0.717) is 29.2 Å². The first kappa shape index (κ1) is 31.8. The topological polar surface area (TPSA) is 76.1 Å². The van der Waals surface area contributed by atoms with Gasteiger partial charge in [-0.05, 0) is 31.2 Å². The molecular formula is C34H42N4O2. The lowest BCUT2D eigenvalue weighted by Crippen LogP contribution is -2.07. The Morgan fingerprint density at radius 2 is 1.77 bits per heavy atom. The van der Waals surface area contributed by atoms with E-state index in [1.807, 2.05) is 108 Å². The predicted octanol–water partition coefficient (Wildman–Crippen LogP) is 8.69. The van der Waals surface area contributed by atoms with Crippen LogP contribution in [0.25, 0.3) is 33.7 Å². The molecule has 0 aliphatic heterocycles. The smallest absolute Gasteiger partial charge is 0.176 e. The monoisotopic (exact) mass is 538 g/mol. The summed E-state index contributed by atoms with van der Waals surface area (Å²) in [7, 11) is 0. The maximum absolute atomic E-state index is 9.38. The number of aliphatic hydroxyl groups is 1. The number of fused-ring (bicyclic) bond motifs is 1. The summed E-state index contributed by atoms with van der Waals surface area (Å²) < 4.78 is 7.99. The number of furan rings is 1. The van der Waals surface area contributed by atoms with Gasteiger partial charge < -0.3 is 14.8 Å². The highest BCUT2D eigenvalue weighted by atomic mass is 16.3. The van der Waals surface area contributed by atoms with Crippen LogP contribution in [-0.4, -0.2) is 33.0 Å². The van der Waals surface area contributed by atoms with Gasteiger partial charge in [-0.2, -0.15) is 5.10 Å². The van der Waals surface area contributed by atoms with Crippen LogP contribution >= 0.6 is 0 Å². The third kappa shape index (κ3) is 7.60. The summed E-state index contributed by atoms with van der Waals surface area (Å²) in [4.78, 5) is 4.82. The zero-order valence-corrected chi connectivity index (χ0v) is 24.8. The average molecular weight is 539 g/mol. The molecule has 1 aliphatic carbocycles. The fourth-order valence-corrected chi connectivity index (χ4v) is 3.91. The number of anilines is 1. The van der Waals surface area contributed by atoms with Gasteiger partial charge in [0.05, 0.1) is 18.0 Å². The lowest BCUT2D eigenvalue weighted by Gasteiger charge is -2.08. The maximum atomic E-state index is 9.38. The zero-order chi connectivity index (χ0) is 29.5. The van der Waals surface area contributed by atoms with Crippen molar-refractivity contribution in [3.8, 4) is 17.1 Å². The summed E-state index contributed by atoms with van der Waals surface area (Å²) in [5.41, 5.74) is 9.80. The van der Waals surface area contributed by atoms with Gasteiger partial charge in [-0.25, -0.2) is 9.67 Å². The van der Waals surface area contributed by atoms with Crippen molar-refractivity contribution in [3.63, 3.8) is 0 Å². The summed E-state index contributed by atoms with van der Waals surface area (Å²) in [5, 5.41) is 17.4. The number of allylic oxidation sites excluding steroid dienone is 7. The molecule has 6 nitrogen and oxygen atoms in total. The number of hydrogen-bond donors (Lipinski definition) is 2. The van der Waals surface area contributed by atoms with Crippen LogP contribution in [0.2, 0.25) is 0 Å². The number of nitrogens with one attached hydrogen (secondary N) is 1. The molecule has 40 heavy (non-hydrogen) atoms. The number of rotatable bonds is 6. The highest BCUT2D eigenvalue weighted by molar-refractivity contribution is 5.92. The highest BCUT2D eigenvalue weighted by Crippen LogP contribution is 2.34. The molecule has 4 aromatic rings. The summed E-state index contributed by atoms with van der Waals surface area (Å²) in [6.07, 6.45) is 11.6. The van der Waals surface area contributed by atoms with Gasteiger partial charge in [0.1, 0.15) is 11.3 Å². The second kappa shape index (κ2) is 16.6. The van der Waals surface area contributed by atoms with Crippen LogP contribution in [0.15, 0.2) is 101 Å². The molecular weight excluding hydrogens is 496 g/mol. The Labute approximate surface area is 238 Å². The van der Waals surface area contributed by atoms with Crippen molar-refractivity contribution in [1.29, 1.82) is 0 Å². The summed E-state index contributed by atoms with van der Waals surface area (Å²) in [6.45, 7) is 18.3. The molecule has 6 heteroatoms. The molecule has 3 heterocycles. The largest absolute Gasteiger partial charge is 0.452 e. The molecule has 2 N–H and O–H groups in total. The molecule has 1 aromatic carbocycles. The van der Waals surface area contributed by atoms with Crippen LogP contribution in [0.4, 0.5) is 5.69 Å². The van der Waals surface area contributed by atoms with E-state index in [-0.39, 0.29) is 6.61 Å². The summed E-state index contributed by atoms with van der Waals surface area (Å²) in [6, 6.07) is 14.0. The zero-order valence-electron chi connectivity index (χ0n) is 24.8. The molecule has 0 radical (unpaired) electrons. The van der Waals surface area contributed by atoms with E-state index in [2.05, 4.69) is 36.7 Å². The first-order chi connectivity index (χ1) is 19.7. The van der Waals surface area contributed by atoms with Crippen LogP contribution < -0.4 is 5.32 Å². The lowest BCUT2D eigenvalue weighted by molar-refractivity contribution is 0.311. The highest BCUT2D eigenvalue weighted by Gasteiger charge is 2.17. The van der Waals surface area contributed by atoms with Crippen molar-refractivity contribution in [1.82, 2.24) is 14.8 Å². The minimum Gasteiger partial charge on any atom is -0.452 e. The van der Waals surface area contributed by atoms with E-state index in [1.54, 1.807) is 4.68 Å². The Hall–Kier alpha value is -4.38. The van der Waals surface area contributed by atoms with Crippen molar-refractivity contribution in [2.75, 3.05) is 18.5 Å². The van der Waals surface area contributed by atoms with Crippen LogP contribution in [0.3, 0.4) is 0 Å². The third-order valence-electron chi connectivity index (χ3n) is 5.52. The Morgan fingerprint density at radius 1 is 1.00 bits per heavy atom. The van der Waals surface area contributed by atoms with Crippen molar-refractivity contribution in [2.24, 2.45) is 0 Å². The van der Waals surface area contributed by atoms with Gasteiger partial charge in [0.2, 0.25) is 0 Å². The first-order valence-electron chi connectivity index (χ1n) is 14.0. The number of aryl methyl sites for hydroxylation is 1. The third-order valence-corrected chi connectivity index (χ3v) is 5.52. The van der Waals surface area contributed by atoms with E-state index < -0.39 is 0 Å². The van der Waals surface area contributed by atoms with Gasteiger partial charge in [0, 0.05) is 41.6 Å². The van der Waals surface area contributed by atoms with Crippen molar-refractivity contribution in [2.45, 2.75) is 48.5 Å². The van der Waals surface area contributed by atoms with E-state index >= 15 is 0 Å². The number of benzene rings is 1. The first-order valence-corrected chi connectivity index (χ1v) is 14.0. The number of pyridine rings is 1. The minimum atomic E-state index is -0.00389. The molecule has 0 atom stereocenters. The van der Waals surface area contributed by atoms with Gasteiger partial charge >= 0.3 is 0 Å². The molecule has 0 unspecified atom stereocenters. The number of nitrogens with zero attached hydrogens (tertiary/aromatic N) is 3. The van der Waals surface area contributed by atoms with Crippen LogP contribution in [0, 0.1) is 6.92 Å². The number of hydrogen-bond acceptors (Lipinski definition) is 5. The van der Waals surface area contributed by atoms with Gasteiger partial charge in [-0.15, -0.1) is 5.73 Å². The normalized spacial score (nSPS) is 11.6. The summed E-state index contributed by atoms with van der Waals surface area (Å²) in [5.74, 6) is 1.31. The molecule has 3 aromatic heterocycles. The Kier molecular flexibility index (Phi) is 13.2. The van der Waals surface area contributed by atoms with Gasteiger partial charge in [0.15, 0.2) is 11.4 Å². The SMILES string of the molecule is C=C=C1C=CC=CC=C1c1cc2nc(-n3ccc(-c4cccc(C)c4)n3)cc(NCCO)c2o1.CC.CC.CC. The Morgan fingerprint density at radius 3 is 2.48 bits per heavy atom. The lowest BCUT2D eigenvalue weighted by atomic mass is 10.0. The predicted molar refractivity (Wildman–Crippen MR) is 170 cm³/mol. The molecule has 5 rings (SSSR count). The molecule has 1 aliphatic rings. The van der Waals surface area contributed by atoms with E-state index in [9.17, 15) is 5.11 Å².